The number of fused-ring (bicyclic) bond motifs is 1. The fourth-order valence-electron chi connectivity index (χ4n) is 3.16. The quantitative estimate of drug-likeness (QED) is 0.886. The number of nitrogens with one attached hydrogen (secondary N) is 1. The van der Waals surface area contributed by atoms with Crippen molar-refractivity contribution in [1.82, 2.24) is 15.2 Å². The van der Waals surface area contributed by atoms with E-state index in [-0.39, 0.29) is 0 Å². The molecule has 0 bridgehead atoms. The minimum Gasteiger partial charge on any atom is -0.439 e. The van der Waals surface area contributed by atoms with Crippen molar-refractivity contribution in [3.63, 3.8) is 0 Å². The van der Waals surface area contributed by atoms with Crippen molar-refractivity contribution in [1.29, 1.82) is 0 Å². The first-order chi connectivity index (χ1) is 10.3. The smallest absolute Gasteiger partial charge is 0.209 e. The van der Waals surface area contributed by atoms with Crippen molar-refractivity contribution in [2.75, 3.05) is 26.2 Å². The molecule has 1 N–H and O–H groups in total. The van der Waals surface area contributed by atoms with Crippen molar-refractivity contribution >= 4 is 11.1 Å². The summed E-state index contributed by atoms with van der Waals surface area (Å²) >= 11 is 0. The Kier molecular flexibility index (Phi) is 4.88. The summed E-state index contributed by atoms with van der Waals surface area (Å²) in [6.45, 7) is 7.66. The van der Waals surface area contributed by atoms with Gasteiger partial charge in [-0.3, -0.25) is 4.90 Å². The summed E-state index contributed by atoms with van der Waals surface area (Å²) in [5.74, 6) is 1.65. The van der Waals surface area contributed by atoms with Crippen LogP contribution >= 0.6 is 0 Å². The van der Waals surface area contributed by atoms with Crippen molar-refractivity contribution < 1.29 is 4.42 Å². The van der Waals surface area contributed by atoms with Crippen LogP contribution in [0.2, 0.25) is 0 Å². The van der Waals surface area contributed by atoms with Crippen LogP contribution in [0.3, 0.4) is 0 Å². The first-order valence-corrected chi connectivity index (χ1v) is 8.12. The second-order valence-corrected chi connectivity index (χ2v) is 6.00. The molecule has 1 fully saturated rings. The zero-order chi connectivity index (χ0) is 14.5. The van der Waals surface area contributed by atoms with Gasteiger partial charge in [-0.1, -0.05) is 19.1 Å². The number of aromatic nitrogens is 1. The Morgan fingerprint density at radius 1 is 1.29 bits per heavy atom. The molecule has 0 atom stereocenters. The van der Waals surface area contributed by atoms with E-state index in [0.717, 1.165) is 55.6 Å². The maximum atomic E-state index is 5.87. The normalized spacial score (nSPS) is 16.9. The summed E-state index contributed by atoms with van der Waals surface area (Å²) in [6, 6.07) is 8.01. The molecule has 0 spiro atoms. The third kappa shape index (κ3) is 3.83. The minimum atomic E-state index is 0.808. The first-order valence-electron chi connectivity index (χ1n) is 8.12. The van der Waals surface area contributed by atoms with Gasteiger partial charge in [0.2, 0.25) is 5.89 Å². The lowest BCUT2D eigenvalue weighted by Crippen LogP contribution is -2.36. The molecule has 114 valence electrons. The molecule has 4 heteroatoms. The van der Waals surface area contributed by atoms with E-state index in [0.29, 0.717) is 0 Å². The van der Waals surface area contributed by atoms with Crippen molar-refractivity contribution in [2.24, 2.45) is 5.92 Å². The van der Waals surface area contributed by atoms with Crippen LogP contribution in [0.4, 0.5) is 0 Å². The number of benzene rings is 1. The highest BCUT2D eigenvalue weighted by Gasteiger charge is 2.18. The molecule has 21 heavy (non-hydrogen) atoms. The van der Waals surface area contributed by atoms with Gasteiger partial charge in [0.25, 0.3) is 0 Å². The van der Waals surface area contributed by atoms with E-state index in [1.807, 2.05) is 24.3 Å². The Labute approximate surface area is 126 Å². The van der Waals surface area contributed by atoms with Crippen LogP contribution in [0.1, 0.15) is 32.1 Å². The van der Waals surface area contributed by atoms with Crippen LogP contribution in [-0.4, -0.2) is 36.1 Å². The predicted octanol–water partition coefficient (Wildman–Crippen LogP) is 3.04. The Morgan fingerprint density at radius 3 is 2.86 bits per heavy atom. The van der Waals surface area contributed by atoms with Crippen LogP contribution in [-0.2, 0) is 6.54 Å². The Bertz CT molecular complexity index is 527. The lowest BCUT2D eigenvalue weighted by Gasteiger charge is -2.29. The van der Waals surface area contributed by atoms with Gasteiger partial charge >= 0.3 is 0 Å². The van der Waals surface area contributed by atoms with E-state index in [4.69, 9.17) is 4.42 Å². The van der Waals surface area contributed by atoms with Gasteiger partial charge in [0.1, 0.15) is 5.52 Å². The fraction of sp³-hybridized carbons (Fsp3) is 0.588. The molecular formula is C17H25N3O. The van der Waals surface area contributed by atoms with E-state index >= 15 is 0 Å². The average molecular weight is 287 g/mol. The van der Waals surface area contributed by atoms with Gasteiger partial charge in [0.15, 0.2) is 5.58 Å². The molecule has 1 aromatic carbocycles. The SMILES string of the molecule is CCCN(Cc1nc2ccccc2o1)CC1CCNCC1. The monoisotopic (exact) mass is 287 g/mol. The highest BCUT2D eigenvalue weighted by molar-refractivity contribution is 5.72. The van der Waals surface area contributed by atoms with E-state index < -0.39 is 0 Å². The summed E-state index contributed by atoms with van der Waals surface area (Å²) < 4.78 is 5.87. The van der Waals surface area contributed by atoms with Gasteiger partial charge in [-0.15, -0.1) is 0 Å². The second kappa shape index (κ2) is 7.05. The fourth-order valence-corrected chi connectivity index (χ4v) is 3.16. The Hall–Kier alpha value is -1.39. The number of hydrogen-bond donors (Lipinski definition) is 1. The molecule has 3 rings (SSSR count). The number of para-hydroxylation sites is 2. The summed E-state index contributed by atoms with van der Waals surface area (Å²) in [6.07, 6.45) is 3.74. The maximum absolute atomic E-state index is 5.87. The molecule has 0 saturated carbocycles. The van der Waals surface area contributed by atoms with Gasteiger partial charge < -0.3 is 9.73 Å². The highest BCUT2D eigenvalue weighted by atomic mass is 16.3. The standard InChI is InChI=1S/C17H25N3O/c1-2-11-20(12-14-7-9-18-10-8-14)13-17-19-15-5-3-4-6-16(15)21-17/h3-6,14,18H,2,7-13H2,1H3. The zero-order valence-corrected chi connectivity index (χ0v) is 12.8. The molecule has 2 heterocycles. The van der Waals surface area contributed by atoms with Gasteiger partial charge in [0.05, 0.1) is 6.54 Å². The van der Waals surface area contributed by atoms with Crippen LogP contribution in [0.25, 0.3) is 11.1 Å². The Morgan fingerprint density at radius 2 is 2.10 bits per heavy atom. The number of oxazole rings is 1. The summed E-state index contributed by atoms with van der Waals surface area (Å²) in [5.41, 5.74) is 1.86. The molecule has 0 amide bonds. The number of nitrogens with zero attached hydrogens (tertiary/aromatic N) is 2. The molecule has 1 saturated heterocycles. The van der Waals surface area contributed by atoms with E-state index in [2.05, 4.69) is 22.1 Å². The molecule has 1 aliphatic heterocycles. The third-order valence-corrected chi connectivity index (χ3v) is 4.21. The lowest BCUT2D eigenvalue weighted by molar-refractivity contribution is 0.185. The maximum Gasteiger partial charge on any atom is 0.209 e. The minimum absolute atomic E-state index is 0.808. The molecule has 0 radical (unpaired) electrons. The van der Waals surface area contributed by atoms with Gasteiger partial charge in [0, 0.05) is 6.54 Å². The average Bonchev–Trinajstić information content (AvgIpc) is 2.90. The van der Waals surface area contributed by atoms with E-state index in [9.17, 15) is 0 Å². The van der Waals surface area contributed by atoms with Crippen molar-refractivity contribution in [3.8, 4) is 0 Å². The largest absolute Gasteiger partial charge is 0.439 e. The van der Waals surface area contributed by atoms with Gasteiger partial charge in [-0.05, 0) is 56.9 Å². The molecular weight excluding hydrogens is 262 g/mol. The summed E-state index contributed by atoms with van der Waals surface area (Å²) in [7, 11) is 0. The molecule has 4 nitrogen and oxygen atoms in total. The number of rotatable bonds is 6. The summed E-state index contributed by atoms with van der Waals surface area (Å²) in [4.78, 5) is 7.11. The van der Waals surface area contributed by atoms with Gasteiger partial charge in [-0.2, -0.15) is 0 Å². The second-order valence-electron chi connectivity index (χ2n) is 6.00. The first kappa shape index (κ1) is 14.5. The summed E-state index contributed by atoms with van der Waals surface area (Å²) in [5, 5.41) is 3.44. The number of hydrogen-bond acceptors (Lipinski definition) is 4. The molecule has 0 unspecified atom stereocenters. The molecule has 2 aromatic rings. The third-order valence-electron chi connectivity index (χ3n) is 4.21. The number of piperidine rings is 1. The Balaban J connectivity index is 1.65. The van der Waals surface area contributed by atoms with Crippen LogP contribution in [0, 0.1) is 5.92 Å². The van der Waals surface area contributed by atoms with Crippen molar-refractivity contribution in [3.05, 3.63) is 30.2 Å². The predicted molar refractivity (Wildman–Crippen MR) is 85.2 cm³/mol. The van der Waals surface area contributed by atoms with E-state index in [1.165, 1.54) is 19.3 Å². The van der Waals surface area contributed by atoms with E-state index in [1.54, 1.807) is 0 Å². The molecule has 1 aliphatic rings. The van der Waals surface area contributed by atoms with Crippen molar-refractivity contribution in [2.45, 2.75) is 32.7 Å². The molecule has 1 aromatic heterocycles. The van der Waals surface area contributed by atoms with Crippen LogP contribution in [0.5, 0.6) is 0 Å². The van der Waals surface area contributed by atoms with Gasteiger partial charge in [-0.25, -0.2) is 4.98 Å². The lowest BCUT2D eigenvalue weighted by atomic mass is 9.97. The van der Waals surface area contributed by atoms with Crippen LogP contribution in [0.15, 0.2) is 28.7 Å². The molecule has 0 aliphatic carbocycles. The van der Waals surface area contributed by atoms with Crippen LogP contribution < -0.4 is 5.32 Å². The highest BCUT2D eigenvalue weighted by Crippen LogP contribution is 2.18. The topological polar surface area (TPSA) is 41.3 Å². The zero-order valence-electron chi connectivity index (χ0n) is 12.8.